The smallest absolute Gasteiger partial charge is 0.0201 e. The lowest BCUT2D eigenvalue weighted by Gasteiger charge is -2.10. The third kappa shape index (κ3) is 5.87. The molecule has 0 fully saturated rings. The summed E-state index contributed by atoms with van der Waals surface area (Å²) in [6.45, 7) is 18.0. The average molecular weight is 245 g/mol. The summed E-state index contributed by atoms with van der Waals surface area (Å²) in [5, 5.41) is 0. The maximum absolute atomic E-state index is 3.99. The van der Waals surface area contributed by atoms with Crippen molar-refractivity contribution in [2.75, 3.05) is 0 Å². The molecule has 0 nitrogen and oxygen atoms in total. The van der Waals surface area contributed by atoms with Crippen molar-refractivity contribution in [3.63, 3.8) is 0 Å². The van der Waals surface area contributed by atoms with Gasteiger partial charge in [0.1, 0.15) is 0 Å². The first-order chi connectivity index (χ1) is 6.00. The third-order valence-corrected chi connectivity index (χ3v) is 2.63. The van der Waals surface area contributed by atoms with Crippen LogP contribution >= 0.6 is 15.9 Å². The Morgan fingerprint density at radius 2 is 1.69 bits per heavy atom. The molecule has 0 aliphatic heterocycles. The quantitative estimate of drug-likeness (QED) is 0.608. The summed E-state index contributed by atoms with van der Waals surface area (Å²) in [5.74, 6) is 0.502. The Balaban J connectivity index is 0. The van der Waals surface area contributed by atoms with E-state index < -0.39 is 0 Å². The van der Waals surface area contributed by atoms with Crippen LogP contribution in [-0.2, 0) is 0 Å². The van der Waals surface area contributed by atoms with Crippen LogP contribution in [-0.4, -0.2) is 0 Å². The SMILES string of the molecule is C=C/C(Br)=C(/C)C(=C)C(C)C.CC. The lowest BCUT2D eigenvalue weighted by molar-refractivity contribution is 0.781. The van der Waals surface area contributed by atoms with Gasteiger partial charge in [0.15, 0.2) is 0 Å². The van der Waals surface area contributed by atoms with Crippen LogP contribution in [0.3, 0.4) is 0 Å². The van der Waals surface area contributed by atoms with Gasteiger partial charge in [-0.3, -0.25) is 0 Å². The Bertz CT molecular complexity index is 197. The molecule has 0 aromatic carbocycles. The van der Waals surface area contributed by atoms with E-state index >= 15 is 0 Å². The summed E-state index contributed by atoms with van der Waals surface area (Å²) in [6, 6.07) is 0. The van der Waals surface area contributed by atoms with E-state index in [1.807, 2.05) is 20.8 Å². The predicted molar refractivity (Wildman–Crippen MR) is 67.2 cm³/mol. The highest BCUT2D eigenvalue weighted by molar-refractivity contribution is 9.11. The Hall–Kier alpha value is -0.300. The summed E-state index contributed by atoms with van der Waals surface area (Å²) >= 11 is 3.41. The summed E-state index contributed by atoms with van der Waals surface area (Å²) in [5.41, 5.74) is 2.35. The Kier molecular flexibility index (Phi) is 9.70. The second-order valence-corrected chi connectivity index (χ2v) is 3.71. The fourth-order valence-electron chi connectivity index (χ4n) is 0.739. The molecule has 0 N–H and O–H groups in total. The molecule has 13 heavy (non-hydrogen) atoms. The van der Waals surface area contributed by atoms with Crippen molar-refractivity contribution in [3.05, 3.63) is 34.9 Å². The number of hydrogen-bond acceptors (Lipinski definition) is 0. The van der Waals surface area contributed by atoms with Gasteiger partial charge >= 0.3 is 0 Å². The van der Waals surface area contributed by atoms with Gasteiger partial charge in [-0.25, -0.2) is 0 Å². The maximum Gasteiger partial charge on any atom is 0.0201 e. The average Bonchev–Trinajstić information content (AvgIpc) is 2.17. The first kappa shape index (κ1) is 15.2. The summed E-state index contributed by atoms with van der Waals surface area (Å²) in [7, 11) is 0. The van der Waals surface area contributed by atoms with Crippen LogP contribution in [0.4, 0.5) is 0 Å². The molecule has 0 unspecified atom stereocenters. The highest BCUT2D eigenvalue weighted by Crippen LogP contribution is 2.23. The Morgan fingerprint density at radius 3 is 1.92 bits per heavy atom. The largest absolute Gasteiger partial charge is 0.0979 e. The summed E-state index contributed by atoms with van der Waals surface area (Å²) in [4.78, 5) is 0. The van der Waals surface area contributed by atoms with Crippen molar-refractivity contribution >= 4 is 15.9 Å². The standard InChI is InChI=1S/C10H15Br.C2H6/c1-6-10(11)9(5)8(4)7(2)3;1-2/h6-7H,1,4H2,2-3,5H3;1-2H3/b10-9+;. The molecule has 76 valence electrons. The molecule has 0 aliphatic carbocycles. The Morgan fingerprint density at radius 1 is 1.31 bits per heavy atom. The van der Waals surface area contributed by atoms with Crippen molar-refractivity contribution in [1.29, 1.82) is 0 Å². The van der Waals surface area contributed by atoms with Crippen molar-refractivity contribution < 1.29 is 0 Å². The van der Waals surface area contributed by atoms with Crippen molar-refractivity contribution in [3.8, 4) is 0 Å². The van der Waals surface area contributed by atoms with E-state index in [0.717, 1.165) is 10.1 Å². The van der Waals surface area contributed by atoms with Gasteiger partial charge in [-0.1, -0.05) is 62.9 Å². The molecule has 0 spiro atoms. The molecule has 0 bridgehead atoms. The van der Waals surface area contributed by atoms with Crippen LogP contribution in [0.5, 0.6) is 0 Å². The third-order valence-electron chi connectivity index (χ3n) is 1.72. The zero-order valence-electron chi connectivity index (χ0n) is 9.45. The molecule has 0 rings (SSSR count). The van der Waals surface area contributed by atoms with Crippen molar-refractivity contribution in [2.24, 2.45) is 5.92 Å². The summed E-state index contributed by atoms with van der Waals surface area (Å²) in [6.07, 6.45) is 1.79. The van der Waals surface area contributed by atoms with Gasteiger partial charge in [-0.15, -0.1) is 0 Å². The van der Waals surface area contributed by atoms with Crippen LogP contribution in [0, 0.1) is 5.92 Å². The zero-order chi connectivity index (χ0) is 11.0. The minimum atomic E-state index is 0.502. The van der Waals surface area contributed by atoms with Gasteiger partial charge in [-0.05, 0) is 24.0 Å². The molecule has 0 amide bonds. The van der Waals surface area contributed by atoms with E-state index in [9.17, 15) is 0 Å². The fourth-order valence-corrected chi connectivity index (χ4v) is 0.994. The topological polar surface area (TPSA) is 0 Å². The van der Waals surface area contributed by atoms with E-state index in [1.54, 1.807) is 6.08 Å². The van der Waals surface area contributed by atoms with Crippen LogP contribution in [0.1, 0.15) is 34.6 Å². The van der Waals surface area contributed by atoms with Gasteiger partial charge in [0.25, 0.3) is 0 Å². The lowest BCUT2D eigenvalue weighted by Crippen LogP contribution is -1.94. The Labute approximate surface area is 91.6 Å². The maximum atomic E-state index is 3.99. The van der Waals surface area contributed by atoms with E-state index in [4.69, 9.17) is 0 Å². The highest BCUT2D eigenvalue weighted by atomic mass is 79.9. The molecule has 0 aliphatic rings. The van der Waals surface area contributed by atoms with E-state index in [1.165, 1.54) is 5.57 Å². The first-order valence-corrected chi connectivity index (χ1v) is 5.48. The molecule has 0 saturated carbocycles. The van der Waals surface area contributed by atoms with Crippen LogP contribution in [0.15, 0.2) is 34.9 Å². The number of hydrogen-bond donors (Lipinski definition) is 0. The van der Waals surface area contributed by atoms with E-state index in [0.29, 0.717) is 5.92 Å². The van der Waals surface area contributed by atoms with Gasteiger partial charge in [0, 0.05) is 4.48 Å². The van der Waals surface area contributed by atoms with E-state index in [-0.39, 0.29) is 0 Å². The van der Waals surface area contributed by atoms with Crippen LogP contribution in [0.25, 0.3) is 0 Å². The molecule has 0 radical (unpaired) electrons. The fraction of sp³-hybridized carbons (Fsp3) is 0.500. The number of allylic oxidation sites excluding steroid dienone is 4. The van der Waals surface area contributed by atoms with Crippen molar-refractivity contribution in [2.45, 2.75) is 34.6 Å². The second kappa shape index (κ2) is 8.31. The predicted octanol–water partition coefficient (Wildman–Crippen LogP) is 5.08. The minimum Gasteiger partial charge on any atom is -0.0979 e. The molecule has 1 heteroatoms. The van der Waals surface area contributed by atoms with Crippen LogP contribution in [0.2, 0.25) is 0 Å². The lowest BCUT2D eigenvalue weighted by atomic mass is 9.98. The normalized spacial score (nSPS) is 11.3. The molecular weight excluding hydrogens is 224 g/mol. The summed E-state index contributed by atoms with van der Waals surface area (Å²) < 4.78 is 1.04. The molecule has 0 aromatic rings. The molecule has 0 heterocycles. The van der Waals surface area contributed by atoms with Crippen molar-refractivity contribution in [1.82, 2.24) is 0 Å². The highest BCUT2D eigenvalue weighted by Gasteiger charge is 2.04. The first-order valence-electron chi connectivity index (χ1n) is 4.68. The van der Waals surface area contributed by atoms with Crippen LogP contribution < -0.4 is 0 Å². The number of rotatable bonds is 3. The number of halogens is 1. The van der Waals surface area contributed by atoms with E-state index in [2.05, 4.69) is 42.9 Å². The van der Waals surface area contributed by atoms with Gasteiger partial charge in [0.2, 0.25) is 0 Å². The molecule has 0 saturated heterocycles. The molecule has 0 atom stereocenters. The van der Waals surface area contributed by atoms with Gasteiger partial charge in [-0.2, -0.15) is 0 Å². The molecular formula is C12H21Br. The monoisotopic (exact) mass is 244 g/mol. The molecule has 0 aromatic heterocycles. The second-order valence-electron chi connectivity index (χ2n) is 2.86. The van der Waals surface area contributed by atoms with Gasteiger partial charge < -0.3 is 0 Å². The minimum absolute atomic E-state index is 0.502. The van der Waals surface area contributed by atoms with Gasteiger partial charge in [0.05, 0.1) is 0 Å². The zero-order valence-corrected chi connectivity index (χ0v) is 11.0.